The van der Waals surface area contributed by atoms with Crippen LogP contribution in [0.15, 0.2) is 36.7 Å². The summed E-state index contributed by atoms with van der Waals surface area (Å²) in [6.07, 6.45) is 2.21. The molecule has 0 saturated heterocycles. The van der Waals surface area contributed by atoms with Crippen molar-refractivity contribution >= 4 is 44.5 Å². The van der Waals surface area contributed by atoms with Gasteiger partial charge in [-0.2, -0.15) is 0 Å². The number of thiazole rings is 1. The maximum absolute atomic E-state index is 13.0. The molecule has 0 saturated carbocycles. The average Bonchev–Trinajstić information content (AvgIpc) is 3.02. The van der Waals surface area contributed by atoms with Crippen LogP contribution in [0, 0.1) is 5.82 Å². The number of benzene rings is 1. The number of hydrogen-bond donors (Lipinski definition) is 3. The number of carboxylic acids is 1. The molecular weight excluding hydrogens is 375 g/mol. The third kappa shape index (κ3) is 4.61. The number of halogens is 1. The van der Waals surface area contributed by atoms with E-state index in [2.05, 4.69) is 20.6 Å². The van der Waals surface area contributed by atoms with E-state index in [9.17, 15) is 18.8 Å². The maximum Gasteiger partial charge on any atom is 0.335 e. The van der Waals surface area contributed by atoms with Crippen molar-refractivity contribution in [3.63, 3.8) is 0 Å². The van der Waals surface area contributed by atoms with E-state index in [1.807, 2.05) is 0 Å². The Morgan fingerprint density at radius 3 is 2.70 bits per heavy atom. The number of aromatic nitrogens is 2. The highest BCUT2D eigenvalue weighted by Gasteiger charge is 2.12. The van der Waals surface area contributed by atoms with Crippen molar-refractivity contribution in [3.05, 3.63) is 53.6 Å². The zero-order chi connectivity index (χ0) is 19.4. The van der Waals surface area contributed by atoms with Crippen LogP contribution in [0.1, 0.15) is 27.1 Å². The van der Waals surface area contributed by atoms with Gasteiger partial charge in [0.25, 0.3) is 5.91 Å². The predicted molar refractivity (Wildman–Crippen MR) is 96.4 cm³/mol. The lowest BCUT2D eigenvalue weighted by molar-refractivity contribution is -0.116. The summed E-state index contributed by atoms with van der Waals surface area (Å²) in [5.74, 6) is -2.57. The largest absolute Gasteiger partial charge is 0.478 e. The van der Waals surface area contributed by atoms with Crippen LogP contribution in [-0.2, 0) is 4.79 Å². The molecule has 0 radical (unpaired) electrons. The molecule has 27 heavy (non-hydrogen) atoms. The fourth-order valence-electron chi connectivity index (χ4n) is 2.22. The first kappa shape index (κ1) is 18.4. The molecule has 1 aromatic carbocycles. The Balaban J connectivity index is 1.54. The molecule has 2 heterocycles. The van der Waals surface area contributed by atoms with E-state index in [0.717, 1.165) is 23.6 Å². The molecule has 138 valence electrons. The number of aromatic carboxylic acids is 1. The second kappa shape index (κ2) is 7.87. The summed E-state index contributed by atoms with van der Waals surface area (Å²) in [6.45, 7) is 0.0508. The zero-order valence-electron chi connectivity index (χ0n) is 13.7. The smallest absolute Gasteiger partial charge is 0.335 e. The van der Waals surface area contributed by atoms with Gasteiger partial charge in [0.15, 0.2) is 5.13 Å². The molecule has 2 aromatic heterocycles. The second-order valence-electron chi connectivity index (χ2n) is 5.45. The number of carbonyl (C=O) groups excluding carboxylic acids is 2. The molecule has 0 aliphatic heterocycles. The Hall–Kier alpha value is -3.40. The number of nitrogens with one attached hydrogen (secondary N) is 2. The van der Waals surface area contributed by atoms with E-state index >= 15 is 0 Å². The number of carbonyl (C=O) groups is 3. The molecule has 0 aliphatic carbocycles. The lowest BCUT2D eigenvalue weighted by Crippen LogP contribution is -2.27. The summed E-state index contributed by atoms with van der Waals surface area (Å²) in [5.41, 5.74) is 0.779. The first-order chi connectivity index (χ1) is 12.9. The number of nitrogens with zero attached hydrogens (tertiary/aromatic N) is 2. The molecule has 3 N–H and O–H groups in total. The number of pyridine rings is 1. The standard InChI is InChI=1S/C17H13FN4O4S/c18-11-5-10(7-19-8-11)15(24)20-4-3-14(23)22-17-21-12-2-1-9(16(25)26)6-13(12)27-17/h1-2,5-8H,3-4H2,(H,20,24)(H,25,26)(H,21,22,23). The lowest BCUT2D eigenvalue weighted by atomic mass is 10.2. The average molecular weight is 388 g/mol. The predicted octanol–water partition coefficient (Wildman–Crippen LogP) is 2.29. The highest BCUT2D eigenvalue weighted by molar-refractivity contribution is 7.22. The van der Waals surface area contributed by atoms with Crippen molar-refractivity contribution in [1.29, 1.82) is 0 Å². The van der Waals surface area contributed by atoms with Crippen LogP contribution in [0.25, 0.3) is 10.2 Å². The van der Waals surface area contributed by atoms with Gasteiger partial charge in [-0.1, -0.05) is 11.3 Å². The Bertz CT molecular complexity index is 1040. The molecule has 0 atom stereocenters. The fraction of sp³-hybridized carbons (Fsp3) is 0.118. The number of fused-ring (bicyclic) bond motifs is 1. The first-order valence-corrected chi connectivity index (χ1v) is 8.56. The minimum absolute atomic E-state index is 0.00914. The van der Waals surface area contributed by atoms with E-state index < -0.39 is 17.7 Å². The van der Waals surface area contributed by atoms with Gasteiger partial charge in [-0.25, -0.2) is 14.2 Å². The van der Waals surface area contributed by atoms with E-state index in [1.54, 1.807) is 6.07 Å². The number of anilines is 1. The van der Waals surface area contributed by atoms with Crippen molar-refractivity contribution in [2.24, 2.45) is 0 Å². The van der Waals surface area contributed by atoms with Gasteiger partial charge in [0.05, 0.1) is 27.5 Å². The molecule has 0 bridgehead atoms. The third-order valence-corrected chi connectivity index (χ3v) is 4.42. The summed E-state index contributed by atoms with van der Waals surface area (Å²) in [7, 11) is 0. The Morgan fingerprint density at radius 2 is 1.96 bits per heavy atom. The first-order valence-electron chi connectivity index (χ1n) is 7.75. The van der Waals surface area contributed by atoms with Gasteiger partial charge in [0.2, 0.25) is 5.91 Å². The lowest BCUT2D eigenvalue weighted by Gasteiger charge is -2.05. The van der Waals surface area contributed by atoms with Gasteiger partial charge in [-0.05, 0) is 24.3 Å². The molecule has 0 aliphatic rings. The summed E-state index contributed by atoms with van der Waals surface area (Å²) in [5, 5.41) is 14.4. The zero-order valence-corrected chi connectivity index (χ0v) is 14.5. The summed E-state index contributed by atoms with van der Waals surface area (Å²) in [6, 6.07) is 5.54. The van der Waals surface area contributed by atoms with E-state index in [0.29, 0.717) is 15.3 Å². The number of carboxylic acid groups (broad SMARTS) is 1. The molecule has 0 unspecified atom stereocenters. The van der Waals surface area contributed by atoms with Crippen molar-refractivity contribution in [2.75, 3.05) is 11.9 Å². The van der Waals surface area contributed by atoms with Crippen LogP contribution in [-0.4, -0.2) is 39.4 Å². The van der Waals surface area contributed by atoms with Gasteiger partial charge in [0, 0.05) is 19.2 Å². The van der Waals surface area contributed by atoms with Crippen LogP contribution in [0.3, 0.4) is 0 Å². The normalized spacial score (nSPS) is 10.6. The van der Waals surface area contributed by atoms with Crippen molar-refractivity contribution in [2.45, 2.75) is 6.42 Å². The molecule has 3 rings (SSSR count). The van der Waals surface area contributed by atoms with Crippen molar-refractivity contribution in [3.8, 4) is 0 Å². The Labute approximate surface area is 156 Å². The summed E-state index contributed by atoms with van der Waals surface area (Å²) >= 11 is 1.15. The minimum Gasteiger partial charge on any atom is -0.478 e. The Morgan fingerprint density at radius 1 is 1.15 bits per heavy atom. The highest BCUT2D eigenvalue weighted by Crippen LogP contribution is 2.26. The van der Waals surface area contributed by atoms with E-state index in [-0.39, 0.29) is 30.0 Å². The summed E-state index contributed by atoms with van der Waals surface area (Å²) < 4.78 is 13.7. The van der Waals surface area contributed by atoms with Gasteiger partial charge in [-0.3, -0.25) is 14.6 Å². The van der Waals surface area contributed by atoms with Gasteiger partial charge < -0.3 is 15.7 Å². The quantitative estimate of drug-likeness (QED) is 0.596. The molecule has 10 heteroatoms. The third-order valence-electron chi connectivity index (χ3n) is 3.49. The number of rotatable bonds is 6. The highest BCUT2D eigenvalue weighted by atomic mass is 32.1. The number of amides is 2. The molecule has 0 spiro atoms. The van der Waals surface area contributed by atoms with Gasteiger partial charge in [-0.15, -0.1) is 0 Å². The van der Waals surface area contributed by atoms with Crippen LogP contribution in [0.2, 0.25) is 0 Å². The van der Waals surface area contributed by atoms with Crippen molar-refractivity contribution in [1.82, 2.24) is 15.3 Å². The molecule has 3 aromatic rings. The van der Waals surface area contributed by atoms with Crippen LogP contribution in [0.5, 0.6) is 0 Å². The van der Waals surface area contributed by atoms with Gasteiger partial charge >= 0.3 is 5.97 Å². The molecule has 0 fully saturated rings. The Kier molecular flexibility index (Phi) is 5.36. The maximum atomic E-state index is 13.0. The summed E-state index contributed by atoms with van der Waals surface area (Å²) in [4.78, 5) is 42.6. The number of hydrogen-bond acceptors (Lipinski definition) is 6. The monoisotopic (exact) mass is 388 g/mol. The second-order valence-corrected chi connectivity index (χ2v) is 6.48. The van der Waals surface area contributed by atoms with Gasteiger partial charge in [0.1, 0.15) is 5.82 Å². The van der Waals surface area contributed by atoms with E-state index in [1.165, 1.54) is 18.3 Å². The SMILES string of the molecule is O=C(CCNC(=O)c1cncc(F)c1)Nc1nc2ccc(C(=O)O)cc2s1. The topological polar surface area (TPSA) is 121 Å². The molecular formula is C17H13FN4O4S. The van der Waals surface area contributed by atoms with Crippen molar-refractivity contribution < 1.29 is 23.9 Å². The van der Waals surface area contributed by atoms with Crippen LogP contribution in [0.4, 0.5) is 9.52 Å². The fourth-order valence-corrected chi connectivity index (χ4v) is 3.14. The van der Waals surface area contributed by atoms with Crippen LogP contribution >= 0.6 is 11.3 Å². The van der Waals surface area contributed by atoms with Crippen LogP contribution < -0.4 is 10.6 Å². The van der Waals surface area contributed by atoms with E-state index in [4.69, 9.17) is 5.11 Å². The minimum atomic E-state index is -1.04. The molecule has 8 nitrogen and oxygen atoms in total. The molecule has 2 amide bonds.